The first kappa shape index (κ1) is 24.9. The van der Waals surface area contributed by atoms with Crippen LogP contribution in [0.15, 0.2) is 51.4 Å². The van der Waals surface area contributed by atoms with Crippen LogP contribution >= 0.6 is 15.9 Å². The Morgan fingerprint density at radius 3 is 2.62 bits per heavy atom. The van der Waals surface area contributed by atoms with Gasteiger partial charge in [-0.3, -0.25) is 4.79 Å². The van der Waals surface area contributed by atoms with Crippen LogP contribution < -0.4 is 0 Å². The maximum atomic E-state index is 12.9. The van der Waals surface area contributed by atoms with Crippen LogP contribution in [0.3, 0.4) is 0 Å². The summed E-state index contributed by atoms with van der Waals surface area (Å²) in [5.74, 6) is 1.11. The van der Waals surface area contributed by atoms with E-state index in [2.05, 4.69) is 36.6 Å². The topological polar surface area (TPSA) is 134 Å². The summed E-state index contributed by atoms with van der Waals surface area (Å²) in [6.45, 7) is 2.37. The normalized spacial score (nSPS) is 14.6. The molecule has 37 heavy (non-hydrogen) atoms. The Labute approximate surface area is 221 Å². The fourth-order valence-electron chi connectivity index (χ4n) is 5.07. The summed E-state index contributed by atoms with van der Waals surface area (Å²) in [7, 11) is 0. The number of fused-ring (bicyclic) bond motifs is 1. The van der Waals surface area contributed by atoms with E-state index in [1.807, 2.05) is 42.5 Å². The average molecular weight is 568 g/mol. The molecule has 0 aliphatic heterocycles. The molecular weight excluding hydrogens is 542 g/mol. The number of benzene rings is 2. The number of carbonyl (C=O) groups is 2. The van der Waals surface area contributed by atoms with E-state index in [-0.39, 0.29) is 12.5 Å². The van der Waals surface area contributed by atoms with Gasteiger partial charge in [0.15, 0.2) is 5.82 Å². The highest BCUT2D eigenvalue weighted by Crippen LogP contribution is 2.41. The predicted octanol–water partition coefficient (Wildman–Crippen LogP) is 5.79. The summed E-state index contributed by atoms with van der Waals surface area (Å²) >= 11 is 3.71. The van der Waals surface area contributed by atoms with Crippen molar-refractivity contribution in [3.63, 3.8) is 0 Å². The van der Waals surface area contributed by atoms with E-state index in [1.165, 1.54) is 0 Å². The van der Waals surface area contributed by atoms with Crippen LogP contribution in [0.4, 0.5) is 4.79 Å². The molecule has 0 radical (unpaired) electrons. The number of carboxylic acid groups (broad SMARTS) is 1. The molecule has 2 aromatic carbocycles. The number of tetrazole rings is 1. The minimum atomic E-state index is -1.30. The van der Waals surface area contributed by atoms with Gasteiger partial charge in [0.2, 0.25) is 5.91 Å². The molecule has 10 nitrogen and oxygen atoms in total. The molecule has 4 aromatic rings. The van der Waals surface area contributed by atoms with Crippen LogP contribution in [0.2, 0.25) is 0 Å². The van der Waals surface area contributed by atoms with E-state index in [0.717, 1.165) is 39.4 Å². The molecular formula is C26H26BrN5O5. The summed E-state index contributed by atoms with van der Waals surface area (Å²) in [5.41, 5.74) is 2.35. The van der Waals surface area contributed by atoms with E-state index < -0.39 is 11.8 Å². The number of nitrogens with zero attached hydrogens (tertiary/aromatic N) is 4. The smallest absolute Gasteiger partial charge is 0.455 e. The summed E-state index contributed by atoms with van der Waals surface area (Å²) in [5, 5.41) is 24.4. The van der Waals surface area contributed by atoms with Gasteiger partial charge in [0, 0.05) is 29.5 Å². The number of aromatic nitrogens is 4. The van der Waals surface area contributed by atoms with Crippen molar-refractivity contribution in [1.29, 1.82) is 0 Å². The zero-order chi connectivity index (χ0) is 26.0. The number of nitrogens with one attached hydrogen (secondary N) is 1. The number of aromatic amines is 1. The highest BCUT2D eigenvalue weighted by atomic mass is 79.9. The van der Waals surface area contributed by atoms with Gasteiger partial charge >= 0.3 is 6.16 Å². The SMILES string of the molecule is CCC(=O)N(Cc1ccc2oc(-c3ccccc3-c3nnn[nH]3)c(Br)c2c1)CC1(OC(=O)O)CCCC1. The highest BCUT2D eigenvalue weighted by molar-refractivity contribution is 9.10. The van der Waals surface area contributed by atoms with Crippen molar-refractivity contribution in [2.75, 3.05) is 6.54 Å². The van der Waals surface area contributed by atoms with E-state index in [0.29, 0.717) is 43.0 Å². The van der Waals surface area contributed by atoms with Crippen LogP contribution in [0.5, 0.6) is 0 Å². The Morgan fingerprint density at radius 2 is 1.95 bits per heavy atom. The number of ether oxygens (including phenoxy) is 1. The number of hydrogen-bond donors (Lipinski definition) is 2. The second-order valence-electron chi connectivity index (χ2n) is 9.23. The minimum absolute atomic E-state index is 0.0538. The lowest BCUT2D eigenvalue weighted by Gasteiger charge is -2.34. The second-order valence-corrected chi connectivity index (χ2v) is 10.0. The lowest BCUT2D eigenvalue weighted by Crippen LogP contribution is -2.46. The molecule has 5 rings (SSSR count). The summed E-state index contributed by atoms with van der Waals surface area (Å²) < 4.78 is 12.3. The van der Waals surface area contributed by atoms with Crippen molar-refractivity contribution in [3.05, 3.63) is 52.5 Å². The van der Waals surface area contributed by atoms with Crippen LogP contribution in [0.1, 0.15) is 44.6 Å². The maximum absolute atomic E-state index is 12.9. The fourth-order valence-corrected chi connectivity index (χ4v) is 5.67. The zero-order valence-corrected chi connectivity index (χ0v) is 21.8. The molecule has 1 amide bonds. The van der Waals surface area contributed by atoms with Crippen molar-refractivity contribution in [2.24, 2.45) is 0 Å². The second kappa shape index (κ2) is 10.3. The van der Waals surface area contributed by atoms with Crippen LogP contribution in [0, 0.1) is 0 Å². The van der Waals surface area contributed by atoms with Crippen LogP contribution in [0.25, 0.3) is 33.7 Å². The van der Waals surface area contributed by atoms with Crippen molar-refractivity contribution in [3.8, 4) is 22.7 Å². The van der Waals surface area contributed by atoms with Gasteiger partial charge in [0.25, 0.3) is 0 Å². The van der Waals surface area contributed by atoms with Gasteiger partial charge in [0.1, 0.15) is 16.9 Å². The number of amides is 1. The Kier molecular flexibility index (Phi) is 6.96. The van der Waals surface area contributed by atoms with Gasteiger partial charge in [0.05, 0.1) is 11.0 Å². The van der Waals surface area contributed by atoms with Crippen molar-refractivity contribution in [2.45, 2.75) is 51.2 Å². The quantitative estimate of drug-likeness (QED) is 0.255. The minimum Gasteiger partial charge on any atom is -0.455 e. The number of hydrogen-bond acceptors (Lipinski definition) is 7. The average Bonchev–Trinajstić information content (AvgIpc) is 3.65. The van der Waals surface area contributed by atoms with E-state index in [1.54, 1.807) is 11.8 Å². The van der Waals surface area contributed by atoms with Gasteiger partial charge in [-0.05, 0) is 69.7 Å². The maximum Gasteiger partial charge on any atom is 0.506 e. The summed E-state index contributed by atoms with van der Waals surface area (Å²) in [4.78, 5) is 26.0. The molecule has 2 heterocycles. The molecule has 1 aliphatic carbocycles. The Morgan fingerprint density at radius 1 is 1.19 bits per heavy atom. The predicted molar refractivity (Wildman–Crippen MR) is 139 cm³/mol. The lowest BCUT2D eigenvalue weighted by atomic mass is 10.0. The molecule has 0 atom stereocenters. The molecule has 0 bridgehead atoms. The monoisotopic (exact) mass is 567 g/mol. The first-order chi connectivity index (χ1) is 17.9. The van der Waals surface area contributed by atoms with Crippen molar-refractivity contribution < 1.29 is 23.8 Å². The highest BCUT2D eigenvalue weighted by Gasteiger charge is 2.40. The van der Waals surface area contributed by atoms with Gasteiger partial charge in [-0.15, -0.1) is 5.10 Å². The standard InChI is InChI=1S/C26H26BrN5O5/c1-2-21(33)32(15-26(37-25(34)35)11-5-6-12-26)14-16-9-10-20-19(13-16)22(27)23(36-20)17-7-3-4-8-18(17)24-28-30-31-29-24/h3-4,7-10,13H,2,5-6,11-12,14-15H2,1H3,(H,34,35)(H,28,29,30,31). The van der Waals surface area contributed by atoms with Crippen LogP contribution in [-0.2, 0) is 16.1 Å². The largest absolute Gasteiger partial charge is 0.506 e. The lowest BCUT2D eigenvalue weighted by molar-refractivity contribution is -0.136. The molecule has 192 valence electrons. The third-order valence-corrected chi connectivity index (χ3v) is 7.58. The Balaban J connectivity index is 1.47. The first-order valence-corrected chi connectivity index (χ1v) is 12.9. The molecule has 0 spiro atoms. The number of carbonyl (C=O) groups excluding carboxylic acids is 1. The van der Waals surface area contributed by atoms with Gasteiger partial charge < -0.3 is 19.2 Å². The number of rotatable bonds is 8. The van der Waals surface area contributed by atoms with Gasteiger partial charge in [-0.1, -0.05) is 37.3 Å². The molecule has 1 aliphatic rings. The zero-order valence-electron chi connectivity index (χ0n) is 20.2. The molecule has 11 heteroatoms. The van der Waals surface area contributed by atoms with E-state index in [9.17, 15) is 14.7 Å². The molecule has 1 saturated carbocycles. The van der Waals surface area contributed by atoms with E-state index >= 15 is 0 Å². The van der Waals surface area contributed by atoms with Crippen molar-refractivity contribution >= 4 is 39.0 Å². The van der Waals surface area contributed by atoms with Crippen LogP contribution in [-0.4, -0.2) is 54.8 Å². The van der Waals surface area contributed by atoms with E-state index in [4.69, 9.17) is 9.15 Å². The third kappa shape index (κ3) is 5.08. The molecule has 2 N–H and O–H groups in total. The molecule has 2 aromatic heterocycles. The third-order valence-electron chi connectivity index (χ3n) is 6.79. The molecule has 1 fully saturated rings. The van der Waals surface area contributed by atoms with Gasteiger partial charge in [-0.25, -0.2) is 9.89 Å². The molecule has 0 unspecified atom stereocenters. The Hall–Kier alpha value is -3.73. The molecule has 0 saturated heterocycles. The summed E-state index contributed by atoms with van der Waals surface area (Å²) in [6, 6.07) is 13.5. The number of furan rings is 1. The number of halogens is 1. The van der Waals surface area contributed by atoms with Gasteiger partial charge in [-0.2, -0.15) is 0 Å². The van der Waals surface area contributed by atoms with Crippen molar-refractivity contribution in [1.82, 2.24) is 25.5 Å². The Bertz CT molecular complexity index is 1430. The summed E-state index contributed by atoms with van der Waals surface area (Å²) in [6.07, 6.45) is 2.00. The fraction of sp³-hybridized carbons (Fsp3) is 0.346. The first-order valence-electron chi connectivity index (χ1n) is 12.1. The number of H-pyrrole nitrogens is 1.